The van der Waals surface area contributed by atoms with Crippen LogP contribution in [0.2, 0.25) is 0 Å². The second kappa shape index (κ2) is 14.9. The van der Waals surface area contributed by atoms with Crippen LogP contribution in [0.5, 0.6) is 0 Å². The molecule has 1 unspecified atom stereocenters. The van der Waals surface area contributed by atoms with Gasteiger partial charge in [-0.3, -0.25) is 0 Å². The summed E-state index contributed by atoms with van der Waals surface area (Å²) in [6.07, 6.45) is 7.26. The summed E-state index contributed by atoms with van der Waals surface area (Å²) < 4.78 is 146. The largest absolute Gasteiger partial charge is 0.419 e. The summed E-state index contributed by atoms with van der Waals surface area (Å²) in [5, 5.41) is 0. The van der Waals surface area contributed by atoms with Gasteiger partial charge in [0.05, 0.1) is 5.56 Å². The summed E-state index contributed by atoms with van der Waals surface area (Å²) in [7, 11) is 1.23. The van der Waals surface area contributed by atoms with Crippen LogP contribution < -0.4 is 0 Å². The zero-order valence-electron chi connectivity index (χ0n) is 20.5. The molecule has 0 nitrogen and oxygen atoms in total. The number of benzene rings is 2. The highest BCUT2D eigenvalue weighted by Gasteiger charge is 2.43. The molecule has 210 valence electrons. The average molecular weight is 568 g/mol. The summed E-state index contributed by atoms with van der Waals surface area (Å²) >= 11 is 0. The molecular formula is C25H28F11P. The molecule has 0 saturated carbocycles. The van der Waals surface area contributed by atoms with Crippen molar-refractivity contribution in [3.8, 4) is 11.1 Å². The molecule has 0 aromatic heterocycles. The molecule has 0 aliphatic rings. The van der Waals surface area contributed by atoms with Crippen molar-refractivity contribution in [1.82, 2.24) is 0 Å². The van der Waals surface area contributed by atoms with Crippen LogP contribution in [0.15, 0.2) is 0 Å². The Morgan fingerprint density at radius 2 is 0.973 bits per heavy atom. The van der Waals surface area contributed by atoms with E-state index in [1.807, 2.05) is 0 Å². The molecule has 0 heterocycles. The van der Waals surface area contributed by atoms with E-state index < -0.39 is 75.0 Å². The molecule has 2 rings (SSSR count). The second-order valence-corrected chi connectivity index (χ2v) is 9.94. The summed E-state index contributed by atoms with van der Waals surface area (Å²) in [5.74, 6) is -21.2. The summed E-state index contributed by atoms with van der Waals surface area (Å²) in [5.41, 5.74) is -8.45. The molecule has 0 amide bonds. The molecule has 1 atom stereocenters. The maximum Gasteiger partial charge on any atom is 0.419 e. The van der Waals surface area contributed by atoms with Gasteiger partial charge in [0.2, 0.25) is 5.82 Å². The molecule has 37 heavy (non-hydrogen) atoms. The maximum atomic E-state index is 13.8. The molecule has 2 aromatic rings. The second-order valence-electron chi connectivity index (χ2n) is 8.23. The molecule has 0 radical (unpaired) electrons. The first kappa shape index (κ1) is 33.1. The van der Waals surface area contributed by atoms with E-state index in [9.17, 15) is 48.3 Å². The molecule has 0 saturated heterocycles. The van der Waals surface area contributed by atoms with Gasteiger partial charge < -0.3 is 0 Å². The van der Waals surface area contributed by atoms with Crippen LogP contribution in [-0.4, -0.2) is 12.3 Å². The number of rotatable bonds is 10. The normalized spacial score (nSPS) is 11.8. The summed E-state index contributed by atoms with van der Waals surface area (Å²) in [6, 6.07) is 0. The van der Waals surface area contributed by atoms with Gasteiger partial charge in [0.25, 0.3) is 0 Å². The Morgan fingerprint density at radius 3 is 1.43 bits per heavy atom. The van der Waals surface area contributed by atoms with Crippen LogP contribution in [0.25, 0.3) is 11.1 Å². The first-order valence-corrected chi connectivity index (χ1v) is 13.1. The molecule has 0 fully saturated rings. The van der Waals surface area contributed by atoms with E-state index in [1.54, 1.807) is 0 Å². The predicted molar refractivity (Wildman–Crippen MR) is 123 cm³/mol. The highest BCUT2D eigenvalue weighted by atomic mass is 31.1. The first-order valence-electron chi connectivity index (χ1n) is 11.7. The highest BCUT2D eigenvalue weighted by molar-refractivity contribution is 7.37. The minimum absolute atomic E-state index is 0.362. The molecule has 0 aliphatic carbocycles. The topological polar surface area (TPSA) is 0 Å². The number of hydrogen-bond donors (Lipinski definition) is 0. The molecule has 0 spiro atoms. The van der Waals surface area contributed by atoms with Gasteiger partial charge in [-0.2, -0.15) is 13.2 Å². The lowest BCUT2D eigenvalue weighted by Gasteiger charge is -2.19. The SMILES string of the molecule is CCCCCCCCCPCC.Cc1c(F)c(F)c(F)c(C(F)(F)F)c1-c1c(F)c(F)c(F)c(F)c1F. The van der Waals surface area contributed by atoms with Crippen LogP contribution in [0.4, 0.5) is 48.3 Å². The van der Waals surface area contributed by atoms with Gasteiger partial charge in [0, 0.05) is 5.56 Å². The molecule has 2 aromatic carbocycles. The van der Waals surface area contributed by atoms with Crippen molar-refractivity contribution >= 4 is 8.58 Å². The summed E-state index contributed by atoms with van der Waals surface area (Å²) in [4.78, 5) is 0. The fourth-order valence-electron chi connectivity index (χ4n) is 3.56. The standard InChI is InChI=1S/C14H3F11.C11H25P/c1-2-3(4-7(16)11(20)13(22)12(21)8(4)17)5(14(23,24)25)9(18)10(19)6(2)15;1-3-5-6-7-8-9-10-11-12-4-2/h1H3;12H,3-11H2,1-2H3. The lowest BCUT2D eigenvalue weighted by atomic mass is 9.92. The zero-order chi connectivity index (χ0) is 28.5. The minimum atomic E-state index is -5.83. The van der Waals surface area contributed by atoms with Crippen LogP contribution in [0.3, 0.4) is 0 Å². The van der Waals surface area contributed by atoms with E-state index >= 15 is 0 Å². The first-order chi connectivity index (χ1) is 17.2. The smallest absolute Gasteiger partial charge is 0.203 e. The third kappa shape index (κ3) is 8.29. The molecular weight excluding hydrogens is 540 g/mol. The number of halogens is 11. The van der Waals surface area contributed by atoms with Crippen LogP contribution >= 0.6 is 8.58 Å². The average Bonchev–Trinajstić information content (AvgIpc) is 2.84. The van der Waals surface area contributed by atoms with Gasteiger partial charge in [-0.1, -0.05) is 52.4 Å². The Balaban J connectivity index is 0.000000482. The van der Waals surface area contributed by atoms with E-state index in [2.05, 4.69) is 13.8 Å². The Morgan fingerprint density at radius 1 is 0.541 bits per heavy atom. The Kier molecular flexibility index (Phi) is 13.3. The van der Waals surface area contributed by atoms with E-state index in [0.717, 1.165) is 0 Å². The lowest BCUT2D eigenvalue weighted by molar-refractivity contribution is -0.139. The van der Waals surface area contributed by atoms with Gasteiger partial charge in [0.1, 0.15) is 5.56 Å². The van der Waals surface area contributed by atoms with Gasteiger partial charge in [-0.25, -0.2) is 35.1 Å². The Labute approximate surface area is 210 Å². The minimum Gasteiger partial charge on any atom is -0.203 e. The van der Waals surface area contributed by atoms with E-state index in [0.29, 0.717) is 6.92 Å². The van der Waals surface area contributed by atoms with Crippen molar-refractivity contribution in [1.29, 1.82) is 0 Å². The van der Waals surface area contributed by atoms with Crippen molar-refractivity contribution in [2.75, 3.05) is 12.3 Å². The Hall–Kier alpha value is -1.90. The Bertz CT molecular complexity index is 1010. The number of unbranched alkanes of at least 4 members (excludes halogenated alkanes) is 6. The third-order valence-electron chi connectivity index (χ3n) is 5.51. The fourth-order valence-corrected chi connectivity index (χ4v) is 4.42. The molecule has 0 aliphatic heterocycles. The molecule has 0 N–H and O–H groups in total. The van der Waals surface area contributed by atoms with Crippen molar-refractivity contribution in [2.45, 2.75) is 71.9 Å². The van der Waals surface area contributed by atoms with Crippen molar-refractivity contribution in [2.24, 2.45) is 0 Å². The van der Waals surface area contributed by atoms with Crippen LogP contribution in [0, 0.1) is 53.5 Å². The van der Waals surface area contributed by atoms with Gasteiger partial charge in [0.15, 0.2) is 40.7 Å². The summed E-state index contributed by atoms with van der Waals surface area (Å²) in [6.45, 7) is 4.93. The maximum absolute atomic E-state index is 13.8. The molecule has 12 heteroatoms. The van der Waals surface area contributed by atoms with E-state index in [-0.39, 0.29) is 0 Å². The quantitative estimate of drug-likeness (QED) is 0.0880. The number of alkyl halides is 3. The lowest BCUT2D eigenvalue weighted by Crippen LogP contribution is -2.17. The van der Waals surface area contributed by atoms with Crippen LogP contribution in [0.1, 0.15) is 69.9 Å². The van der Waals surface area contributed by atoms with E-state index in [4.69, 9.17) is 0 Å². The monoisotopic (exact) mass is 568 g/mol. The zero-order valence-corrected chi connectivity index (χ0v) is 21.5. The van der Waals surface area contributed by atoms with Gasteiger partial charge in [-0.05, 0) is 31.2 Å². The van der Waals surface area contributed by atoms with Crippen molar-refractivity contribution in [3.63, 3.8) is 0 Å². The fraction of sp³-hybridized carbons (Fsp3) is 0.520. The van der Waals surface area contributed by atoms with Crippen molar-refractivity contribution < 1.29 is 48.3 Å². The molecule has 0 bridgehead atoms. The van der Waals surface area contributed by atoms with Crippen molar-refractivity contribution in [3.05, 3.63) is 57.7 Å². The number of hydrogen-bond acceptors (Lipinski definition) is 0. The highest BCUT2D eigenvalue weighted by Crippen LogP contribution is 2.45. The van der Waals surface area contributed by atoms with Crippen LogP contribution in [-0.2, 0) is 6.18 Å². The van der Waals surface area contributed by atoms with E-state index in [1.165, 1.54) is 65.9 Å². The predicted octanol–water partition coefficient (Wildman–Crippen LogP) is 10.2. The third-order valence-corrected chi connectivity index (χ3v) is 6.72. The van der Waals surface area contributed by atoms with Gasteiger partial charge >= 0.3 is 6.18 Å². The van der Waals surface area contributed by atoms with Gasteiger partial charge in [-0.15, -0.1) is 8.58 Å².